The highest BCUT2D eigenvalue weighted by Crippen LogP contribution is 2.08. The summed E-state index contributed by atoms with van der Waals surface area (Å²) in [5, 5.41) is 20.3. The molecule has 1 aromatic heterocycles. The van der Waals surface area contributed by atoms with Crippen molar-refractivity contribution in [2.45, 2.75) is 12.5 Å². The molecule has 0 spiro atoms. The Balaban J connectivity index is 2.53. The van der Waals surface area contributed by atoms with Gasteiger partial charge in [-0.2, -0.15) is 5.26 Å². The molecular formula is C11H13N3O3. The Bertz CT molecular complexity index is 428. The zero-order valence-electron chi connectivity index (χ0n) is 9.38. The van der Waals surface area contributed by atoms with Crippen molar-refractivity contribution in [3.05, 3.63) is 24.0 Å². The first kappa shape index (κ1) is 12.9. The number of anilines is 1. The predicted molar refractivity (Wildman–Crippen MR) is 60.5 cm³/mol. The largest absolute Gasteiger partial charge is 0.481 e. The quantitative estimate of drug-likeness (QED) is 0.759. The number of carboxylic acid groups (broad SMARTS) is 1. The lowest BCUT2D eigenvalue weighted by Gasteiger charge is -2.14. The average molecular weight is 235 g/mol. The van der Waals surface area contributed by atoms with Crippen LogP contribution in [-0.2, 0) is 9.53 Å². The lowest BCUT2D eigenvalue weighted by molar-refractivity contribution is -0.139. The highest BCUT2D eigenvalue weighted by Gasteiger charge is 2.11. The van der Waals surface area contributed by atoms with Crippen molar-refractivity contribution in [1.82, 2.24) is 4.98 Å². The van der Waals surface area contributed by atoms with Crippen LogP contribution in [0.1, 0.15) is 12.1 Å². The van der Waals surface area contributed by atoms with Gasteiger partial charge in [-0.25, -0.2) is 4.98 Å². The van der Waals surface area contributed by atoms with Crippen LogP contribution >= 0.6 is 0 Å². The molecule has 6 nitrogen and oxygen atoms in total. The normalized spacial score (nSPS) is 11.5. The summed E-state index contributed by atoms with van der Waals surface area (Å²) in [7, 11) is 1.46. The van der Waals surface area contributed by atoms with Gasteiger partial charge in [0.15, 0.2) is 0 Å². The number of carbonyl (C=O) groups is 1. The molecule has 6 heteroatoms. The standard InChI is InChI=1S/C11H13N3O3/c1-17-10(5-11(15)16)7-14-8-2-3-13-9(4-8)6-12/h2-4,10H,5,7H2,1H3,(H,13,14)(H,15,16). The Morgan fingerprint density at radius 1 is 1.76 bits per heavy atom. The van der Waals surface area contributed by atoms with Crippen molar-refractivity contribution in [2.24, 2.45) is 0 Å². The number of nitriles is 1. The number of pyridine rings is 1. The van der Waals surface area contributed by atoms with Crippen molar-refractivity contribution >= 4 is 11.7 Å². The Kier molecular flexibility index (Phi) is 4.91. The van der Waals surface area contributed by atoms with Crippen molar-refractivity contribution in [3.63, 3.8) is 0 Å². The van der Waals surface area contributed by atoms with Gasteiger partial charge in [0.1, 0.15) is 11.8 Å². The molecule has 0 amide bonds. The third-order valence-corrected chi connectivity index (χ3v) is 2.14. The Labute approximate surface area is 98.9 Å². The van der Waals surface area contributed by atoms with Gasteiger partial charge in [-0.1, -0.05) is 0 Å². The van der Waals surface area contributed by atoms with Gasteiger partial charge in [0.2, 0.25) is 0 Å². The second-order valence-electron chi connectivity index (χ2n) is 3.38. The van der Waals surface area contributed by atoms with E-state index in [1.54, 1.807) is 12.1 Å². The van der Waals surface area contributed by atoms with E-state index in [0.29, 0.717) is 17.9 Å². The van der Waals surface area contributed by atoms with Crippen molar-refractivity contribution in [1.29, 1.82) is 5.26 Å². The smallest absolute Gasteiger partial charge is 0.306 e. The zero-order valence-corrected chi connectivity index (χ0v) is 9.38. The maximum Gasteiger partial charge on any atom is 0.306 e. The maximum atomic E-state index is 10.5. The fourth-order valence-electron chi connectivity index (χ4n) is 1.27. The molecule has 0 saturated heterocycles. The molecule has 0 bridgehead atoms. The molecule has 0 radical (unpaired) electrons. The summed E-state index contributed by atoms with van der Waals surface area (Å²) in [6, 6.07) is 5.22. The molecule has 0 fully saturated rings. The van der Waals surface area contributed by atoms with Gasteiger partial charge in [0.25, 0.3) is 0 Å². The van der Waals surface area contributed by atoms with Crippen LogP contribution in [0.15, 0.2) is 18.3 Å². The summed E-state index contributed by atoms with van der Waals surface area (Å²) in [5.74, 6) is -0.911. The SMILES string of the molecule is COC(CNc1ccnc(C#N)c1)CC(=O)O. The number of hydrogen-bond acceptors (Lipinski definition) is 5. The molecule has 90 valence electrons. The zero-order chi connectivity index (χ0) is 12.7. The molecule has 0 aliphatic heterocycles. The highest BCUT2D eigenvalue weighted by molar-refractivity contribution is 5.67. The number of nitrogens with one attached hydrogen (secondary N) is 1. The van der Waals surface area contributed by atoms with E-state index in [1.807, 2.05) is 6.07 Å². The predicted octanol–water partition coefficient (Wildman–Crippen LogP) is 0.855. The third-order valence-electron chi connectivity index (χ3n) is 2.14. The van der Waals surface area contributed by atoms with E-state index in [4.69, 9.17) is 15.1 Å². The third kappa shape index (κ3) is 4.49. The van der Waals surface area contributed by atoms with Crippen LogP contribution in [0.4, 0.5) is 5.69 Å². The summed E-state index contributed by atoms with van der Waals surface area (Å²) in [5.41, 5.74) is 1.02. The Morgan fingerprint density at radius 3 is 3.12 bits per heavy atom. The second kappa shape index (κ2) is 6.45. The molecule has 1 rings (SSSR count). The number of methoxy groups -OCH3 is 1. The van der Waals surface area contributed by atoms with Crippen LogP contribution in [0.2, 0.25) is 0 Å². The molecular weight excluding hydrogens is 222 g/mol. The molecule has 0 aliphatic rings. The van der Waals surface area contributed by atoms with Crippen molar-refractivity contribution in [2.75, 3.05) is 19.0 Å². The van der Waals surface area contributed by atoms with Gasteiger partial charge in [-0.3, -0.25) is 4.79 Å². The number of aromatic nitrogens is 1. The van der Waals surface area contributed by atoms with E-state index in [-0.39, 0.29) is 6.42 Å². The Morgan fingerprint density at radius 2 is 2.53 bits per heavy atom. The number of hydrogen-bond donors (Lipinski definition) is 2. The van der Waals surface area contributed by atoms with E-state index in [9.17, 15) is 4.79 Å². The van der Waals surface area contributed by atoms with Crippen molar-refractivity contribution < 1.29 is 14.6 Å². The van der Waals surface area contributed by atoms with Gasteiger partial charge in [-0.05, 0) is 12.1 Å². The summed E-state index contributed by atoms with van der Waals surface area (Å²) in [4.78, 5) is 14.3. The van der Waals surface area contributed by atoms with Crippen LogP contribution < -0.4 is 5.32 Å². The van der Waals surface area contributed by atoms with E-state index < -0.39 is 12.1 Å². The first-order valence-corrected chi connectivity index (χ1v) is 5.00. The van der Waals surface area contributed by atoms with Gasteiger partial charge in [0, 0.05) is 25.5 Å². The lowest BCUT2D eigenvalue weighted by atomic mass is 10.2. The number of rotatable bonds is 6. The van der Waals surface area contributed by atoms with E-state index >= 15 is 0 Å². The van der Waals surface area contributed by atoms with E-state index in [2.05, 4.69) is 10.3 Å². The maximum absolute atomic E-state index is 10.5. The van der Waals surface area contributed by atoms with E-state index in [0.717, 1.165) is 0 Å². The number of aliphatic carboxylic acids is 1. The molecule has 17 heavy (non-hydrogen) atoms. The highest BCUT2D eigenvalue weighted by atomic mass is 16.5. The summed E-state index contributed by atoms with van der Waals surface area (Å²) in [6.45, 7) is 0.359. The van der Waals surface area contributed by atoms with Crippen LogP contribution in [0.25, 0.3) is 0 Å². The number of nitrogens with zero attached hydrogens (tertiary/aromatic N) is 2. The minimum Gasteiger partial charge on any atom is -0.481 e. The molecule has 0 aromatic carbocycles. The molecule has 1 atom stereocenters. The van der Waals surface area contributed by atoms with Crippen LogP contribution in [0, 0.1) is 11.3 Å². The Hall–Kier alpha value is -2.13. The summed E-state index contributed by atoms with van der Waals surface area (Å²) < 4.78 is 5.02. The summed E-state index contributed by atoms with van der Waals surface area (Å²) in [6.07, 6.45) is 1.03. The molecule has 1 unspecified atom stereocenters. The minimum atomic E-state index is -0.911. The average Bonchev–Trinajstić information content (AvgIpc) is 2.34. The van der Waals surface area contributed by atoms with Crippen LogP contribution in [0.3, 0.4) is 0 Å². The van der Waals surface area contributed by atoms with Crippen molar-refractivity contribution in [3.8, 4) is 6.07 Å². The fourth-order valence-corrected chi connectivity index (χ4v) is 1.27. The van der Waals surface area contributed by atoms with Crippen LogP contribution in [-0.4, -0.2) is 35.8 Å². The molecule has 2 N–H and O–H groups in total. The van der Waals surface area contributed by atoms with E-state index in [1.165, 1.54) is 13.3 Å². The molecule has 1 heterocycles. The summed E-state index contributed by atoms with van der Waals surface area (Å²) >= 11 is 0. The number of carboxylic acids is 1. The second-order valence-corrected chi connectivity index (χ2v) is 3.38. The van der Waals surface area contributed by atoms with Gasteiger partial charge in [-0.15, -0.1) is 0 Å². The fraction of sp³-hybridized carbons (Fsp3) is 0.364. The minimum absolute atomic E-state index is 0.0698. The van der Waals surface area contributed by atoms with Gasteiger partial charge in [0.05, 0.1) is 12.5 Å². The first-order chi connectivity index (χ1) is 8.15. The monoisotopic (exact) mass is 235 g/mol. The topological polar surface area (TPSA) is 95.2 Å². The van der Waals surface area contributed by atoms with Crippen LogP contribution in [0.5, 0.6) is 0 Å². The lowest BCUT2D eigenvalue weighted by Crippen LogP contribution is -2.25. The molecule has 0 aliphatic carbocycles. The van der Waals surface area contributed by atoms with Gasteiger partial charge < -0.3 is 15.2 Å². The first-order valence-electron chi connectivity index (χ1n) is 5.00. The number of ether oxygens (including phenoxy) is 1. The molecule has 0 saturated carbocycles. The van der Waals surface area contributed by atoms with Gasteiger partial charge >= 0.3 is 5.97 Å². The molecule has 1 aromatic rings.